The molecule has 0 atom stereocenters. The maximum absolute atomic E-state index is 12.8. The third-order valence-electron chi connectivity index (χ3n) is 1.52. The van der Waals surface area contributed by atoms with Gasteiger partial charge in [0.05, 0.1) is 18.1 Å². The largest absolute Gasteiger partial charge is 0.486 e. The molecule has 4 heteroatoms. The van der Waals surface area contributed by atoms with Gasteiger partial charge in [-0.25, -0.2) is 4.39 Å². The van der Waals surface area contributed by atoms with Gasteiger partial charge in [0.1, 0.15) is 6.61 Å². The zero-order valence-electron chi connectivity index (χ0n) is 5.80. The van der Waals surface area contributed by atoms with E-state index in [2.05, 4.69) is 10.3 Å². The van der Waals surface area contributed by atoms with E-state index in [4.69, 9.17) is 4.74 Å². The van der Waals surface area contributed by atoms with E-state index in [9.17, 15) is 4.39 Å². The van der Waals surface area contributed by atoms with E-state index in [1.165, 1.54) is 0 Å². The van der Waals surface area contributed by atoms with Crippen LogP contribution in [0.4, 0.5) is 10.1 Å². The smallest absolute Gasteiger partial charge is 0.185 e. The van der Waals surface area contributed by atoms with Crippen LogP contribution < -0.4 is 10.1 Å². The molecule has 1 N–H and O–H groups in total. The minimum Gasteiger partial charge on any atom is -0.486 e. The van der Waals surface area contributed by atoms with Crippen LogP contribution in [0.5, 0.6) is 5.75 Å². The summed E-state index contributed by atoms with van der Waals surface area (Å²) >= 11 is 0. The number of hydrogen-bond acceptors (Lipinski definition) is 3. The van der Waals surface area contributed by atoms with Crippen LogP contribution in [0.25, 0.3) is 0 Å². The van der Waals surface area contributed by atoms with Gasteiger partial charge in [-0.1, -0.05) is 0 Å². The van der Waals surface area contributed by atoms with E-state index in [1.54, 1.807) is 6.20 Å². The average Bonchev–Trinajstić information content (AvgIpc) is 2.06. The van der Waals surface area contributed by atoms with Crippen molar-refractivity contribution in [1.82, 2.24) is 4.98 Å². The molecule has 3 nitrogen and oxygen atoms in total. The predicted octanol–water partition coefficient (Wildman–Crippen LogP) is 1.02. The summed E-state index contributed by atoms with van der Waals surface area (Å²) in [5, 5.41) is 2.98. The molecule has 0 bridgehead atoms. The molecule has 2 rings (SSSR count). The number of nitrogens with one attached hydrogen (secondary N) is 1. The summed E-state index contributed by atoms with van der Waals surface area (Å²) in [4.78, 5) is 3.68. The first-order valence-corrected chi connectivity index (χ1v) is 3.38. The summed E-state index contributed by atoms with van der Waals surface area (Å²) in [5.41, 5.74) is 0.635. The summed E-state index contributed by atoms with van der Waals surface area (Å²) in [6, 6.07) is 0. The van der Waals surface area contributed by atoms with Crippen LogP contribution >= 0.6 is 0 Å². The van der Waals surface area contributed by atoms with Crippen molar-refractivity contribution >= 4 is 5.69 Å². The summed E-state index contributed by atoms with van der Waals surface area (Å²) in [5.74, 6) is -0.124. The summed E-state index contributed by atoms with van der Waals surface area (Å²) < 4.78 is 17.9. The highest BCUT2D eigenvalue weighted by atomic mass is 19.1. The van der Waals surface area contributed by atoms with Gasteiger partial charge in [-0.15, -0.1) is 0 Å². The molecule has 0 unspecified atom stereocenters. The fourth-order valence-electron chi connectivity index (χ4n) is 1.03. The van der Waals surface area contributed by atoms with Crippen molar-refractivity contribution in [2.75, 3.05) is 18.5 Å². The second kappa shape index (κ2) is 2.38. The number of ether oxygens (including phenoxy) is 1. The third kappa shape index (κ3) is 1.00. The lowest BCUT2D eigenvalue weighted by atomic mass is 10.3. The highest BCUT2D eigenvalue weighted by Crippen LogP contribution is 2.28. The maximum atomic E-state index is 12.8. The molecule has 1 aromatic heterocycles. The van der Waals surface area contributed by atoms with E-state index in [-0.39, 0.29) is 5.75 Å². The second-order valence-electron chi connectivity index (χ2n) is 2.27. The Balaban J connectivity index is 2.49. The molecule has 0 spiro atoms. The fourth-order valence-corrected chi connectivity index (χ4v) is 1.03. The molecule has 1 aliphatic rings. The lowest BCUT2D eigenvalue weighted by Crippen LogP contribution is -2.19. The first kappa shape index (κ1) is 6.39. The van der Waals surface area contributed by atoms with Gasteiger partial charge in [-0.3, -0.25) is 4.98 Å². The van der Waals surface area contributed by atoms with E-state index >= 15 is 0 Å². The maximum Gasteiger partial charge on any atom is 0.185 e. The molecule has 1 aliphatic heterocycles. The van der Waals surface area contributed by atoms with Gasteiger partial charge in [0.2, 0.25) is 0 Å². The van der Waals surface area contributed by atoms with E-state index in [0.717, 1.165) is 6.20 Å². The zero-order valence-corrected chi connectivity index (χ0v) is 5.80. The highest BCUT2D eigenvalue weighted by molar-refractivity contribution is 5.56. The fraction of sp³-hybridized carbons (Fsp3) is 0.286. The molecule has 0 fully saturated rings. The number of anilines is 1. The molecule has 58 valence electrons. The van der Waals surface area contributed by atoms with Gasteiger partial charge in [0, 0.05) is 6.54 Å². The van der Waals surface area contributed by atoms with E-state index in [1.807, 2.05) is 0 Å². The molecule has 11 heavy (non-hydrogen) atoms. The number of rotatable bonds is 0. The van der Waals surface area contributed by atoms with Crippen molar-refractivity contribution in [1.29, 1.82) is 0 Å². The van der Waals surface area contributed by atoms with Crippen LogP contribution in [0.2, 0.25) is 0 Å². The number of nitrogens with zero attached hydrogens (tertiary/aromatic N) is 1. The molecule has 0 aromatic carbocycles. The highest BCUT2D eigenvalue weighted by Gasteiger charge is 2.13. The molecule has 0 saturated carbocycles. The van der Waals surface area contributed by atoms with Crippen LogP contribution in [0.1, 0.15) is 0 Å². The standard InChI is InChI=1S/C7H7FN2O/c8-5-3-9-4-6-7(5)11-2-1-10-6/h3-4,10H,1-2H2. The van der Waals surface area contributed by atoms with Crippen molar-refractivity contribution in [3.63, 3.8) is 0 Å². The van der Waals surface area contributed by atoms with Crippen LogP contribution in [0, 0.1) is 5.82 Å². The quantitative estimate of drug-likeness (QED) is 0.605. The monoisotopic (exact) mass is 154 g/mol. The lowest BCUT2D eigenvalue weighted by molar-refractivity contribution is 0.305. The van der Waals surface area contributed by atoms with Crippen LogP contribution in [-0.4, -0.2) is 18.1 Å². The second-order valence-corrected chi connectivity index (χ2v) is 2.27. The third-order valence-corrected chi connectivity index (χ3v) is 1.52. The van der Waals surface area contributed by atoms with Crippen LogP contribution in [0.15, 0.2) is 12.4 Å². The molecule has 0 amide bonds. The van der Waals surface area contributed by atoms with Gasteiger partial charge in [-0.2, -0.15) is 0 Å². The van der Waals surface area contributed by atoms with Crippen molar-refractivity contribution in [2.45, 2.75) is 0 Å². The Morgan fingerprint density at radius 1 is 1.55 bits per heavy atom. The Morgan fingerprint density at radius 3 is 3.27 bits per heavy atom. The van der Waals surface area contributed by atoms with E-state index < -0.39 is 5.82 Å². The molecule has 0 aliphatic carbocycles. The normalized spacial score (nSPS) is 14.6. The number of halogens is 1. The predicted molar refractivity (Wildman–Crippen MR) is 38.2 cm³/mol. The summed E-state index contributed by atoms with van der Waals surface area (Å²) in [6.07, 6.45) is 2.70. The average molecular weight is 154 g/mol. The van der Waals surface area contributed by atoms with Crippen molar-refractivity contribution in [2.24, 2.45) is 0 Å². The lowest BCUT2D eigenvalue weighted by Gasteiger charge is -2.18. The molecule has 0 saturated heterocycles. The number of fused-ring (bicyclic) bond motifs is 1. The van der Waals surface area contributed by atoms with Gasteiger partial charge in [-0.05, 0) is 0 Å². The number of aromatic nitrogens is 1. The first-order valence-electron chi connectivity index (χ1n) is 3.38. The van der Waals surface area contributed by atoms with E-state index in [0.29, 0.717) is 18.8 Å². The first-order chi connectivity index (χ1) is 5.38. The van der Waals surface area contributed by atoms with Gasteiger partial charge in [0.15, 0.2) is 11.6 Å². The van der Waals surface area contributed by atoms with Crippen LogP contribution in [-0.2, 0) is 0 Å². The summed E-state index contributed by atoms with van der Waals surface area (Å²) in [7, 11) is 0. The Hall–Kier alpha value is -1.32. The SMILES string of the molecule is Fc1cncc2c1OCCN2. The zero-order chi connectivity index (χ0) is 7.68. The Kier molecular flexibility index (Phi) is 1.38. The van der Waals surface area contributed by atoms with Crippen molar-refractivity contribution in [3.8, 4) is 5.75 Å². The Labute approximate surface area is 63.2 Å². The molecular weight excluding hydrogens is 147 g/mol. The molecular formula is C7H7FN2O. The molecule has 0 radical (unpaired) electrons. The Bertz CT molecular complexity index is 277. The van der Waals surface area contributed by atoms with Crippen molar-refractivity contribution in [3.05, 3.63) is 18.2 Å². The molecule has 1 aromatic rings. The van der Waals surface area contributed by atoms with Crippen molar-refractivity contribution < 1.29 is 9.13 Å². The minimum atomic E-state index is -0.408. The van der Waals surface area contributed by atoms with Gasteiger partial charge >= 0.3 is 0 Å². The minimum absolute atomic E-state index is 0.284. The number of hydrogen-bond donors (Lipinski definition) is 1. The summed E-state index contributed by atoms with van der Waals surface area (Å²) in [6.45, 7) is 1.21. The Morgan fingerprint density at radius 2 is 2.45 bits per heavy atom. The molecule has 2 heterocycles. The topological polar surface area (TPSA) is 34.1 Å². The van der Waals surface area contributed by atoms with Gasteiger partial charge < -0.3 is 10.1 Å². The van der Waals surface area contributed by atoms with Gasteiger partial charge in [0.25, 0.3) is 0 Å². The van der Waals surface area contributed by atoms with Crippen LogP contribution in [0.3, 0.4) is 0 Å². The number of pyridine rings is 1.